The van der Waals surface area contributed by atoms with E-state index in [2.05, 4.69) is 190 Å². The van der Waals surface area contributed by atoms with Crippen LogP contribution in [0, 0.1) is 21.6 Å². The number of nitrogens with one attached hydrogen (secondary N) is 8. The molecular weight excluding hydrogens is 1350 g/mol. The fourth-order valence-corrected chi connectivity index (χ4v) is 16.9. The summed E-state index contributed by atoms with van der Waals surface area (Å²) in [6, 6.07) is 52.0. The van der Waals surface area contributed by atoms with E-state index in [0.717, 1.165) is 53.5 Å². The first-order valence-corrected chi connectivity index (χ1v) is 39.8. The Morgan fingerprint density at radius 1 is 0.427 bits per heavy atom. The van der Waals surface area contributed by atoms with Gasteiger partial charge in [0.25, 0.3) is 0 Å². The van der Waals surface area contributed by atoms with E-state index in [4.69, 9.17) is 36.2 Å². The van der Waals surface area contributed by atoms with E-state index in [1.165, 1.54) is 164 Å². The Morgan fingerprint density at radius 2 is 0.825 bits per heavy atom. The second-order valence-corrected chi connectivity index (χ2v) is 31.2. The monoisotopic (exact) mass is 1450 g/mol. The number of aromatic nitrogens is 4. The van der Waals surface area contributed by atoms with Crippen molar-refractivity contribution in [3.05, 3.63) is 266 Å². The predicted molar refractivity (Wildman–Crippen MR) is 439 cm³/mol. The zero-order valence-corrected chi connectivity index (χ0v) is 63.3. The van der Waals surface area contributed by atoms with Crippen molar-refractivity contribution in [2.45, 2.75) is 75.0 Å². The van der Waals surface area contributed by atoms with Crippen LogP contribution in [0.1, 0.15) is 115 Å². The van der Waals surface area contributed by atoms with E-state index >= 15 is 0 Å². The molecule has 10 N–H and O–H groups in total. The minimum Gasteiger partial charge on any atom is -0.463 e. The molecule has 5 aromatic carbocycles. The quantitative estimate of drug-likeness (QED) is 0.0270. The average molecular weight is 1450 g/mol. The zero-order valence-electron chi connectivity index (χ0n) is 60.0. The third kappa shape index (κ3) is 19.4. The summed E-state index contributed by atoms with van der Waals surface area (Å²) in [5, 5.41) is 41.6. The van der Waals surface area contributed by atoms with Gasteiger partial charge in [0.2, 0.25) is 0 Å². The smallest absolute Gasteiger partial charge is 0.158 e. The first-order chi connectivity index (χ1) is 50.1. The van der Waals surface area contributed by atoms with E-state index in [-0.39, 0.29) is 0 Å². The van der Waals surface area contributed by atoms with Crippen molar-refractivity contribution in [1.29, 1.82) is 21.6 Å². The van der Waals surface area contributed by atoms with Crippen LogP contribution in [0.4, 0.5) is 5.69 Å². The Bertz CT molecular complexity index is 4670. The summed E-state index contributed by atoms with van der Waals surface area (Å²) in [6.07, 6.45) is 24.2. The van der Waals surface area contributed by atoms with Crippen LogP contribution in [0.3, 0.4) is 0 Å². The normalized spacial score (nSPS) is 17.6. The van der Waals surface area contributed by atoms with Crippen molar-refractivity contribution in [3.8, 4) is 0 Å². The van der Waals surface area contributed by atoms with Gasteiger partial charge in [-0.2, -0.15) is 0 Å². The molecule has 4 unspecified atom stereocenters. The number of hydrogen-bond donors (Lipinski definition) is 9. The summed E-state index contributed by atoms with van der Waals surface area (Å²) in [7, 11) is 8.79. The molecule has 0 radical (unpaired) electrons. The largest absolute Gasteiger partial charge is 0.463 e. The molecule has 4 atom stereocenters. The summed E-state index contributed by atoms with van der Waals surface area (Å²) < 4.78 is 10.3. The van der Waals surface area contributed by atoms with Crippen LogP contribution < -0.4 is 5.73 Å². The number of nitrogens with zero attached hydrogens (tertiary/aromatic N) is 4. The lowest BCUT2D eigenvalue weighted by Gasteiger charge is -2.10. The van der Waals surface area contributed by atoms with Crippen molar-refractivity contribution >= 4 is 117 Å². The summed E-state index contributed by atoms with van der Waals surface area (Å²) in [4.78, 5) is 25.3. The number of anilines is 1. The van der Waals surface area contributed by atoms with Gasteiger partial charge in [0.15, 0.2) is 5.76 Å². The molecule has 0 bridgehead atoms. The number of likely N-dealkylation sites (N-methyl/N-ethyl adjacent to an activating group) is 4. The number of nitrogen functional groups attached to an aromatic ring is 1. The number of thiophene rings is 2. The highest BCUT2D eigenvalue weighted by atomic mass is 32.2. The van der Waals surface area contributed by atoms with Gasteiger partial charge in [-0.25, -0.2) is 0 Å². The number of aryl methyl sites for hydroxylation is 2. The molecule has 103 heavy (non-hydrogen) atoms. The van der Waals surface area contributed by atoms with Gasteiger partial charge >= 0.3 is 0 Å². The minimum absolute atomic E-state index is 0.472. The molecule has 4 aliphatic heterocycles. The maximum absolute atomic E-state index is 8.30. The first-order valence-electron chi connectivity index (χ1n) is 35.6. The van der Waals surface area contributed by atoms with Gasteiger partial charge in [0.1, 0.15) is 15.8 Å². The molecule has 19 heteroatoms. The molecule has 0 spiro atoms. The Labute approximate surface area is 622 Å². The highest BCUT2D eigenvalue weighted by molar-refractivity contribution is 8.14. The zero-order chi connectivity index (χ0) is 71.8. The number of hydrogen-bond acceptors (Lipinski definition) is 15. The fourth-order valence-electron chi connectivity index (χ4n) is 14.6. The molecule has 4 aliphatic rings. The maximum atomic E-state index is 8.30. The van der Waals surface area contributed by atoms with Gasteiger partial charge < -0.3 is 64.9 Å². The van der Waals surface area contributed by atoms with E-state index in [1.807, 2.05) is 65.7 Å². The van der Waals surface area contributed by atoms with Crippen molar-refractivity contribution in [2.24, 2.45) is 0 Å². The lowest BCUT2D eigenvalue weighted by molar-refractivity contribution is 0.412. The molecule has 12 heterocycles. The van der Waals surface area contributed by atoms with Crippen LogP contribution in [0.5, 0.6) is 0 Å². The Morgan fingerprint density at radius 3 is 1.23 bits per heavy atom. The lowest BCUT2D eigenvalue weighted by Crippen LogP contribution is -2.13. The number of benzene rings is 5. The van der Waals surface area contributed by atoms with Gasteiger partial charge in [0, 0.05) is 118 Å². The van der Waals surface area contributed by atoms with Crippen LogP contribution in [0.2, 0.25) is 0 Å². The van der Waals surface area contributed by atoms with E-state index in [1.54, 1.807) is 47.3 Å². The number of furan rings is 2. The summed E-state index contributed by atoms with van der Waals surface area (Å²) in [5.41, 5.74) is 23.8. The van der Waals surface area contributed by atoms with Gasteiger partial charge in [0.05, 0.1) is 28.8 Å². The highest BCUT2D eigenvalue weighted by Crippen LogP contribution is 2.37. The maximum Gasteiger partial charge on any atom is 0.158 e. The van der Waals surface area contributed by atoms with Gasteiger partial charge in [-0.15, -0.1) is 46.2 Å². The van der Waals surface area contributed by atoms with Crippen LogP contribution in [0.15, 0.2) is 209 Å². The summed E-state index contributed by atoms with van der Waals surface area (Å²) in [5.74, 6) is 3.85. The number of fused-ring (bicyclic) bond motifs is 4. The van der Waals surface area contributed by atoms with Crippen LogP contribution in [-0.4, -0.2) is 154 Å². The topological polar surface area (TPSA) is 224 Å². The second-order valence-electron chi connectivity index (χ2n) is 27.7. The van der Waals surface area contributed by atoms with Crippen molar-refractivity contribution in [2.75, 3.05) is 98.8 Å². The number of H-pyrrole nitrogens is 4. The second kappa shape index (κ2) is 35.6. The number of rotatable bonds is 15. The van der Waals surface area contributed by atoms with Crippen LogP contribution >= 0.6 is 46.2 Å². The summed E-state index contributed by atoms with van der Waals surface area (Å²) >= 11 is 6.10. The van der Waals surface area contributed by atoms with Crippen molar-refractivity contribution < 1.29 is 8.83 Å². The molecule has 534 valence electrons. The molecular formula is C84H97N13O2S4. The van der Waals surface area contributed by atoms with Gasteiger partial charge in [-0.1, -0.05) is 60.7 Å². The molecule has 4 fully saturated rings. The molecule has 4 saturated heterocycles. The third-order valence-corrected chi connectivity index (χ3v) is 23.4. The van der Waals surface area contributed by atoms with Gasteiger partial charge in [-0.05, 0) is 275 Å². The number of nitrogens with two attached hydrogens (primary N) is 1. The van der Waals surface area contributed by atoms with Crippen LogP contribution in [-0.2, 0) is 25.7 Å². The van der Waals surface area contributed by atoms with Crippen molar-refractivity contribution in [3.63, 3.8) is 0 Å². The number of aromatic amines is 4. The Balaban J connectivity index is 0.000000120. The third-order valence-electron chi connectivity index (χ3n) is 20.2. The Kier molecular flexibility index (Phi) is 25.6. The first kappa shape index (κ1) is 74.0. The molecule has 8 aromatic heterocycles. The van der Waals surface area contributed by atoms with E-state index < -0.39 is 0 Å². The van der Waals surface area contributed by atoms with Crippen LogP contribution in [0.25, 0.3) is 43.6 Å². The molecule has 17 rings (SSSR count). The lowest BCUT2D eigenvalue weighted by atomic mass is 9.96. The van der Waals surface area contributed by atoms with Crippen molar-refractivity contribution in [1.82, 2.24) is 39.5 Å². The highest BCUT2D eigenvalue weighted by Gasteiger charge is 2.27. The standard InChI is InChI=1S/C21H24N2.C19H21N3O.C19H21N3S.C13H17N3.C6H7NOS.C6H7NS2/c1-23-12-11-18(15-23)20-14-22-21-10-9-17(13-19(20)21)8-7-16-5-3-2-4-6-16;2*1-22-7-6-14(12-22)16-11-21-18-5-4-13(9-15(16)18)10-17(20)19-3-2-8-23-19;1-16-5-4-9(8-16)12-7-15-13-3-2-10(14)6-11(12)13;1-9-6(7)5-3-2-4-8-5;1-8-6(7)5-3-2-4-9-5/h2-6,9-10,13-14,18,22H,7-8,11-12,15H2,1H3;2*2-5,8-9,11,14,20-21H,6-7,10,12H2,1H3;2-3,6-7,9,15H,4-5,8,14H2,1H3;2*2-4,7H,1H3. The SMILES string of the molecule is CN1CCC(c2c[nH]c3ccc(CC(=N)c4ccco4)cc23)C1.CN1CCC(c2c[nH]c3ccc(CC(=N)c4cccs4)cc23)C1.CN1CCC(c2c[nH]c3ccc(CCc4ccccc4)cc23)C1.CN1CCC(c2c[nH]c3ccc(N)cc23)C1.CSC(=N)c1ccco1.CSC(=N)c1cccs1. The molecule has 0 aliphatic carbocycles. The minimum atomic E-state index is 0.472. The molecule has 13 aromatic rings. The predicted octanol–water partition coefficient (Wildman–Crippen LogP) is 19.0. The molecule has 0 saturated carbocycles. The van der Waals surface area contributed by atoms with E-state index in [9.17, 15) is 0 Å². The number of likely N-dealkylation sites (tertiary alicyclic amines) is 4. The average Bonchev–Trinajstić information content (AvgIpc) is 1.68. The molecule has 15 nitrogen and oxygen atoms in total. The van der Waals surface area contributed by atoms with Gasteiger partial charge in [-0.3, -0.25) is 10.8 Å². The van der Waals surface area contributed by atoms with E-state index in [0.29, 0.717) is 69.5 Å². The fraction of sp³-hybridized carbons (Fsp3) is 0.310. The summed E-state index contributed by atoms with van der Waals surface area (Å²) in [6.45, 7) is 9.36. The number of thioether (sulfide) groups is 2. The Hall–Kier alpha value is -8.76. The molecule has 0 amide bonds.